The van der Waals surface area contributed by atoms with Crippen LogP contribution in [0.2, 0.25) is 5.02 Å². The normalized spacial score (nSPS) is 23.2. The van der Waals surface area contributed by atoms with E-state index in [1.54, 1.807) is 0 Å². The summed E-state index contributed by atoms with van der Waals surface area (Å²) in [5.74, 6) is 0.712. The quantitative estimate of drug-likeness (QED) is 0.867. The van der Waals surface area contributed by atoms with E-state index in [-0.39, 0.29) is 0 Å². The molecule has 1 saturated carbocycles. The van der Waals surface area contributed by atoms with Gasteiger partial charge in [0.25, 0.3) is 0 Å². The Balaban J connectivity index is 2.15. The van der Waals surface area contributed by atoms with Crippen LogP contribution in [0, 0.1) is 5.92 Å². The number of hydrogen-bond donors (Lipinski definition) is 1. The molecule has 2 atom stereocenters. The van der Waals surface area contributed by atoms with Crippen LogP contribution in [0.15, 0.2) is 0 Å². The van der Waals surface area contributed by atoms with Gasteiger partial charge in [0, 0.05) is 12.6 Å². The summed E-state index contributed by atoms with van der Waals surface area (Å²) in [5.41, 5.74) is 2.30. The minimum Gasteiger partial charge on any atom is -0.314 e. The monoisotopic (exact) mass is 283 g/mol. The van der Waals surface area contributed by atoms with Gasteiger partial charge in [0.2, 0.25) is 0 Å². The summed E-state index contributed by atoms with van der Waals surface area (Å²) in [5, 5.41) is 9.15. The van der Waals surface area contributed by atoms with Crippen molar-refractivity contribution in [3.8, 4) is 0 Å². The predicted molar refractivity (Wildman–Crippen MR) is 80.8 cm³/mol. The number of halogens is 1. The molecule has 1 aromatic rings. The molecule has 4 heteroatoms. The molecule has 1 N–H and O–H groups in total. The molecule has 1 aromatic heterocycles. The van der Waals surface area contributed by atoms with Gasteiger partial charge in [0.1, 0.15) is 0 Å². The van der Waals surface area contributed by atoms with E-state index in [0.29, 0.717) is 12.0 Å². The van der Waals surface area contributed by atoms with Crippen molar-refractivity contribution in [1.82, 2.24) is 15.1 Å². The molecule has 1 aliphatic rings. The van der Waals surface area contributed by atoms with E-state index < -0.39 is 0 Å². The predicted octanol–water partition coefficient (Wildman–Crippen LogP) is 3.44. The summed E-state index contributed by atoms with van der Waals surface area (Å²) in [6.07, 6.45) is 5.93. The average Bonchev–Trinajstić information content (AvgIpc) is 2.97. The van der Waals surface area contributed by atoms with E-state index in [9.17, 15) is 0 Å². The summed E-state index contributed by atoms with van der Waals surface area (Å²) in [7, 11) is 0. The van der Waals surface area contributed by atoms with Crippen molar-refractivity contribution in [3.63, 3.8) is 0 Å². The number of nitrogens with one attached hydrogen (secondary N) is 1. The SMILES string of the molecule is CCNC1CCCC1Cc1c(Cl)c(CC)nn1CC. The van der Waals surface area contributed by atoms with Crippen LogP contribution in [0.1, 0.15) is 51.4 Å². The Hall–Kier alpha value is -0.540. The van der Waals surface area contributed by atoms with Crippen molar-refractivity contribution in [2.24, 2.45) is 5.92 Å². The van der Waals surface area contributed by atoms with Crippen molar-refractivity contribution in [1.29, 1.82) is 0 Å². The molecule has 1 fully saturated rings. The standard InChI is InChI=1S/C15H26ClN3/c1-4-12-15(16)14(19(6-3)18-12)10-11-8-7-9-13(11)17-5-2/h11,13,17H,4-10H2,1-3H3. The van der Waals surface area contributed by atoms with Crippen LogP contribution in [-0.2, 0) is 19.4 Å². The van der Waals surface area contributed by atoms with Crippen LogP contribution in [0.4, 0.5) is 0 Å². The van der Waals surface area contributed by atoms with E-state index >= 15 is 0 Å². The second-order valence-corrected chi connectivity index (χ2v) is 5.81. The highest BCUT2D eigenvalue weighted by Crippen LogP contribution is 2.32. The lowest BCUT2D eigenvalue weighted by Crippen LogP contribution is -2.33. The number of rotatable bonds is 6. The van der Waals surface area contributed by atoms with Gasteiger partial charge in [0.15, 0.2) is 0 Å². The van der Waals surface area contributed by atoms with E-state index in [4.69, 9.17) is 11.6 Å². The minimum absolute atomic E-state index is 0.659. The molecule has 2 unspecified atom stereocenters. The maximum Gasteiger partial charge on any atom is 0.0849 e. The van der Waals surface area contributed by atoms with Gasteiger partial charge in [-0.2, -0.15) is 5.10 Å². The maximum atomic E-state index is 6.51. The number of aryl methyl sites for hydroxylation is 2. The third kappa shape index (κ3) is 3.14. The Morgan fingerprint density at radius 1 is 1.32 bits per heavy atom. The number of hydrogen-bond acceptors (Lipinski definition) is 2. The molecule has 0 bridgehead atoms. The molecule has 1 aliphatic carbocycles. The van der Waals surface area contributed by atoms with Gasteiger partial charge < -0.3 is 5.32 Å². The fourth-order valence-corrected chi connectivity index (χ4v) is 3.62. The zero-order chi connectivity index (χ0) is 13.8. The zero-order valence-electron chi connectivity index (χ0n) is 12.4. The molecule has 0 radical (unpaired) electrons. The number of nitrogens with zero attached hydrogens (tertiary/aromatic N) is 2. The second kappa shape index (κ2) is 6.76. The maximum absolute atomic E-state index is 6.51. The van der Waals surface area contributed by atoms with Crippen LogP contribution in [0.25, 0.3) is 0 Å². The molecular weight excluding hydrogens is 258 g/mol. The van der Waals surface area contributed by atoms with Gasteiger partial charge in [-0.3, -0.25) is 4.68 Å². The van der Waals surface area contributed by atoms with Gasteiger partial charge >= 0.3 is 0 Å². The molecule has 1 heterocycles. The lowest BCUT2D eigenvalue weighted by atomic mass is 9.97. The molecule has 0 saturated heterocycles. The van der Waals surface area contributed by atoms with Crippen molar-refractivity contribution in [2.75, 3.05) is 6.54 Å². The van der Waals surface area contributed by atoms with Crippen LogP contribution in [0.5, 0.6) is 0 Å². The molecule has 19 heavy (non-hydrogen) atoms. The van der Waals surface area contributed by atoms with Gasteiger partial charge in [-0.05, 0) is 45.1 Å². The fraction of sp³-hybridized carbons (Fsp3) is 0.800. The molecule has 0 aliphatic heterocycles. The molecular formula is C15H26ClN3. The van der Waals surface area contributed by atoms with Gasteiger partial charge in [0.05, 0.1) is 16.4 Å². The molecule has 0 amide bonds. The second-order valence-electron chi connectivity index (χ2n) is 5.44. The number of aromatic nitrogens is 2. The Morgan fingerprint density at radius 3 is 2.74 bits per heavy atom. The first-order valence-electron chi connectivity index (χ1n) is 7.68. The molecule has 0 spiro atoms. The summed E-state index contributed by atoms with van der Waals surface area (Å²) in [4.78, 5) is 0. The third-order valence-corrected chi connectivity index (χ3v) is 4.71. The highest BCUT2D eigenvalue weighted by molar-refractivity contribution is 6.31. The first kappa shape index (κ1) is 14.9. The Kier molecular flexibility index (Phi) is 5.28. The summed E-state index contributed by atoms with van der Waals surface area (Å²) >= 11 is 6.51. The third-order valence-electron chi connectivity index (χ3n) is 4.28. The van der Waals surface area contributed by atoms with E-state index in [0.717, 1.165) is 36.6 Å². The average molecular weight is 284 g/mol. The van der Waals surface area contributed by atoms with Gasteiger partial charge in [-0.25, -0.2) is 0 Å². The van der Waals surface area contributed by atoms with E-state index in [2.05, 4.69) is 35.9 Å². The molecule has 108 valence electrons. The van der Waals surface area contributed by atoms with Crippen LogP contribution < -0.4 is 5.32 Å². The minimum atomic E-state index is 0.659. The molecule has 3 nitrogen and oxygen atoms in total. The van der Waals surface area contributed by atoms with E-state index in [1.807, 2.05) is 0 Å². The van der Waals surface area contributed by atoms with Crippen molar-refractivity contribution >= 4 is 11.6 Å². The summed E-state index contributed by atoms with van der Waals surface area (Å²) in [6.45, 7) is 8.42. The molecule has 0 aromatic carbocycles. The Morgan fingerprint density at radius 2 is 2.11 bits per heavy atom. The Labute approximate surface area is 121 Å². The first-order chi connectivity index (χ1) is 9.21. The van der Waals surface area contributed by atoms with E-state index in [1.165, 1.54) is 25.0 Å². The highest BCUT2D eigenvalue weighted by atomic mass is 35.5. The smallest absolute Gasteiger partial charge is 0.0849 e. The highest BCUT2D eigenvalue weighted by Gasteiger charge is 2.29. The largest absolute Gasteiger partial charge is 0.314 e. The lowest BCUT2D eigenvalue weighted by molar-refractivity contribution is 0.396. The van der Waals surface area contributed by atoms with Crippen LogP contribution in [0.3, 0.4) is 0 Å². The van der Waals surface area contributed by atoms with Crippen LogP contribution in [-0.4, -0.2) is 22.4 Å². The topological polar surface area (TPSA) is 29.9 Å². The van der Waals surface area contributed by atoms with Crippen molar-refractivity contribution in [2.45, 2.75) is 65.5 Å². The van der Waals surface area contributed by atoms with Crippen molar-refractivity contribution < 1.29 is 0 Å². The Bertz CT molecular complexity index is 414. The van der Waals surface area contributed by atoms with Gasteiger partial charge in [-0.15, -0.1) is 0 Å². The fourth-order valence-electron chi connectivity index (χ4n) is 3.27. The lowest BCUT2D eigenvalue weighted by Gasteiger charge is -2.20. The molecule has 2 rings (SSSR count). The van der Waals surface area contributed by atoms with Crippen molar-refractivity contribution in [3.05, 3.63) is 16.4 Å². The summed E-state index contributed by atoms with van der Waals surface area (Å²) < 4.78 is 2.10. The van der Waals surface area contributed by atoms with Gasteiger partial charge in [-0.1, -0.05) is 31.9 Å². The summed E-state index contributed by atoms with van der Waals surface area (Å²) in [6, 6.07) is 0.659. The van der Waals surface area contributed by atoms with Crippen LogP contribution >= 0.6 is 11.6 Å². The first-order valence-corrected chi connectivity index (χ1v) is 8.06. The zero-order valence-corrected chi connectivity index (χ0v) is 13.1.